The van der Waals surface area contributed by atoms with Crippen molar-refractivity contribution in [1.82, 2.24) is 4.72 Å². The Hall–Kier alpha value is -3.08. The Morgan fingerprint density at radius 1 is 1.14 bits per heavy atom. The van der Waals surface area contributed by atoms with Crippen LogP contribution in [-0.2, 0) is 14.8 Å². The monoisotopic (exact) mass is 427 g/mol. The number of hydrogen-bond acceptors (Lipinski definition) is 6. The van der Waals surface area contributed by atoms with Crippen LogP contribution >= 0.6 is 0 Å². The number of alkyl halides is 3. The highest BCUT2D eigenvalue weighted by Gasteiger charge is 2.43. The number of sulfonamides is 1. The molecule has 2 aromatic carbocycles. The molecule has 0 fully saturated rings. The zero-order valence-electron chi connectivity index (χ0n) is 15.1. The third-order valence-electron chi connectivity index (χ3n) is 4.24. The van der Waals surface area contributed by atoms with Crippen LogP contribution in [0.15, 0.2) is 64.6 Å². The molecule has 1 aliphatic heterocycles. The highest BCUT2D eigenvalue weighted by Crippen LogP contribution is 2.39. The van der Waals surface area contributed by atoms with Gasteiger partial charge in [0.25, 0.3) is 10.0 Å². The number of amides is 1. The van der Waals surface area contributed by atoms with Gasteiger partial charge in [-0.25, -0.2) is 17.9 Å². The van der Waals surface area contributed by atoms with E-state index in [2.05, 4.69) is 9.84 Å². The van der Waals surface area contributed by atoms with Crippen molar-refractivity contribution >= 4 is 27.5 Å². The molecule has 0 aliphatic carbocycles. The molecule has 0 bridgehead atoms. The number of ether oxygens (including phenoxy) is 1. The predicted molar refractivity (Wildman–Crippen MR) is 98.9 cm³/mol. The molecule has 1 heterocycles. The van der Waals surface area contributed by atoms with Gasteiger partial charge in [-0.15, -0.1) is 0 Å². The van der Waals surface area contributed by atoms with Gasteiger partial charge in [0, 0.05) is 6.42 Å². The number of rotatable bonds is 4. The van der Waals surface area contributed by atoms with Gasteiger partial charge < -0.3 is 4.74 Å². The van der Waals surface area contributed by atoms with E-state index >= 15 is 0 Å². The third kappa shape index (κ3) is 4.50. The number of benzene rings is 2. The number of halogens is 3. The molecule has 29 heavy (non-hydrogen) atoms. The smallest absolute Gasteiger partial charge is 0.431 e. The first-order chi connectivity index (χ1) is 13.6. The quantitative estimate of drug-likeness (QED) is 0.806. The SMILES string of the molecule is COC(=O)NS(=O)(=O)c1ccc(N2N=C(C(F)(F)F)CC2c2ccccc2)cc1. The summed E-state index contributed by atoms with van der Waals surface area (Å²) in [5.41, 5.74) is -0.00918. The van der Waals surface area contributed by atoms with E-state index in [0.717, 1.165) is 7.11 Å². The minimum absolute atomic E-state index is 0.248. The summed E-state index contributed by atoms with van der Waals surface area (Å²) >= 11 is 0. The molecule has 0 saturated carbocycles. The van der Waals surface area contributed by atoms with E-state index < -0.39 is 34.0 Å². The van der Waals surface area contributed by atoms with Gasteiger partial charge in [0.05, 0.1) is 23.7 Å². The number of nitrogens with zero attached hydrogens (tertiary/aromatic N) is 2. The lowest BCUT2D eigenvalue weighted by Gasteiger charge is -2.24. The van der Waals surface area contributed by atoms with Crippen molar-refractivity contribution < 1.29 is 31.1 Å². The van der Waals surface area contributed by atoms with E-state index in [1.54, 1.807) is 35.1 Å². The summed E-state index contributed by atoms with van der Waals surface area (Å²) in [5.74, 6) is 0. The summed E-state index contributed by atoms with van der Waals surface area (Å²) < 4.78 is 69.8. The summed E-state index contributed by atoms with van der Waals surface area (Å²) in [5, 5.41) is 4.94. The first-order valence-corrected chi connectivity index (χ1v) is 9.80. The average molecular weight is 427 g/mol. The van der Waals surface area contributed by atoms with Crippen LogP contribution in [0.3, 0.4) is 0 Å². The second-order valence-corrected chi connectivity index (χ2v) is 7.79. The van der Waals surface area contributed by atoms with Crippen LogP contribution in [0.2, 0.25) is 0 Å². The van der Waals surface area contributed by atoms with E-state index in [1.165, 1.54) is 29.3 Å². The number of nitrogens with one attached hydrogen (secondary N) is 1. The molecule has 1 amide bonds. The molecule has 154 valence electrons. The van der Waals surface area contributed by atoms with Crippen LogP contribution in [0.1, 0.15) is 18.0 Å². The lowest BCUT2D eigenvalue weighted by atomic mass is 10.0. The summed E-state index contributed by atoms with van der Waals surface area (Å²) in [7, 11) is -3.16. The summed E-state index contributed by atoms with van der Waals surface area (Å²) in [6.07, 6.45) is -6.07. The van der Waals surface area contributed by atoms with Gasteiger partial charge in [-0.3, -0.25) is 5.01 Å². The average Bonchev–Trinajstić information content (AvgIpc) is 3.14. The van der Waals surface area contributed by atoms with Gasteiger partial charge in [0.2, 0.25) is 0 Å². The number of anilines is 1. The Kier molecular flexibility index (Phi) is 5.51. The van der Waals surface area contributed by atoms with Crippen LogP contribution in [0.25, 0.3) is 0 Å². The molecule has 11 heteroatoms. The minimum atomic E-state index is -4.57. The highest BCUT2D eigenvalue weighted by molar-refractivity contribution is 7.90. The van der Waals surface area contributed by atoms with Gasteiger partial charge >= 0.3 is 12.3 Å². The molecule has 1 N–H and O–H groups in total. The molecule has 0 spiro atoms. The Morgan fingerprint density at radius 2 is 1.76 bits per heavy atom. The maximum atomic E-state index is 13.2. The number of carbonyl (C=O) groups is 1. The number of hydrogen-bond donors (Lipinski definition) is 1. The first-order valence-electron chi connectivity index (χ1n) is 8.31. The molecule has 1 unspecified atom stereocenters. The Balaban J connectivity index is 1.94. The molecule has 3 rings (SSSR count). The zero-order chi connectivity index (χ0) is 21.2. The maximum Gasteiger partial charge on any atom is 0.431 e. The van der Waals surface area contributed by atoms with E-state index in [1.807, 2.05) is 0 Å². The number of hydrazone groups is 1. The third-order valence-corrected chi connectivity index (χ3v) is 5.56. The van der Waals surface area contributed by atoms with Crippen LogP contribution < -0.4 is 9.73 Å². The van der Waals surface area contributed by atoms with Gasteiger partial charge in [0.15, 0.2) is 0 Å². The van der Waals surface area contributed by atoms with Crippen molar-refractivity contribution in [2.45, 2.75) is 23.5 Å². The van der Waals surface area contributed by atoms with Crippen LogP contribution in [0.5, 0.6) is 0 Å². The van der Waals surface area contributed by atoms with E-state index in [0.29, 0.717) is 5.56 Å². The molecular weight excluding hydrogens is 411 g/mol. The van der Waals surface area contributed by atoms with Crippen molar-refractivity contribution in [3.63, 3.8) is 0 Å². The molecule has 1 aliphatic rings. The molecule has 2 aromatic rings. The van der Waals surface area contributed by atoms with Crippen molar-refractivity contribution in [3.05, 3.63) is 60.2 Å². The summed E-state index contributed by atoms with van der Waals surface area (Å²) in [6, 6.07) is 12.9. The van der Waals surface area contributed by atoms with E-state index in [-0.39, 0.29) is 17.0 Å². The highest BCUT2D eigenvalue weighted by atomic mass is 32.2. The fourth-order valence-electron chi connectivity index (χ4n) is 2.84. The molecule has 0 saturated heterocycles. The maximum absolute atomic E-state index is 13.2. The second-order valence-electron chi connectivity index (χ2n) is 6.11. The van der Waals surface area contributed by atoms with Crippen molar-refractivity contribution in [1.29, 1.82) is 0 Å². The second kappa shape index (κ2) is 7.74. The van der Waals surface area contributed by atoms with Crippen LogP contribution in [-0.4, -0.2) is 33.5 Å². The van der Waals surface area contributed by atoms with Crippen molar-refractivity contribution in [2.24, 2.45) is 5.10 Å². The Bertz CT molecular complexity index is 1020. The topological polar surface area (TPSA) is 88.1 Å². The minimum Gasteiger partial charge on any atom is -0.452 e. The van der Waals surface area contributed by atoms with Crippen LogP contribution in [0.4, 0.5) is 23.7 Å². The molecule has 7 nitrogen and oxygen atoms in total. The zero-order valence-corrected chi connectivity index (χ0v) is 15.9. The number of methoxy groups -OCH3 is 1. The molecular formula is C18H16F3N3O4S. The molecule has 0 radical (unpaired) electrons. The van der Waals surface area contributed by atoms with Crippen molar-refractivity contribution in [3.8, 4) is 0 Å². The fraction of sp³-hybridized carbons (Fsp3) is 0.222. The molecule has 1 atom stereocenters. The van der Waals surface area contributed by atoms with Gasteiger partial charge in [0.1, 0.15) is 5.71 Å². The number of carbonyl (C=O) groups excluding carboxylic acids is 1. The molecule has 0 aromatic heterocycles. The standard InChI is InChI=1S/C18H16F3N3O4S/c1-28-17(25)23-29(26,27)14-9-7-13(8-10-14)24-15(12-5-3-2-4-6-12)11-16(22-24)18(19,20)21/h2-10,15H,11H2,1H3,(H,23,25). The fourth-order valence-corrected chi connectivity index (χ4v) is 3.76. The predicted octanol–water partition coefficient (Wildman–Crippen LogP) is 3.60. The van der Waals surface area contributed by atoms with E-state index in [4.69, 9.17) is 0 Å². The van der Waals surface area contributed by atoms with Gasteiger partial charge in [-0.2, -0.15) is 18.3 Å². The van der Waals surface area contributed by atoms with Crippen LogP contribution in [0, 0.1) is 0 Å². The summed E-state index contributed by atoms with van der Waals surface area (Å²) in [4.78, 5) is 10.9. The summed E-state index contributed by atoms with van der Waals surface area (Å²) in [6.45, 7) is 0. The van der Waals surface area contributed by atoms with E-state index in [9.17, 15) is 26.4 Å². The lowest BCUT2D eigenvalue weighted by Crippen LogP contribution is -2.30. The Labute approximate surface area is 164 Å². The normalized spacial score (nSPS) is 17.0. The van der Waals surface area contributed by atoms with Crippen molar-refractivity contribution in [2.75, 3.05) is 12.1 Å². The lowest BCUT2D eigenvalue weighted by molar-refractivity contribution is -0.0600. The first kappa shape index (κ1) is 20.6. The van der Waals surface area contributed by atoms with Gasteiger partial charge in [-0.05, 0) is 29.8 Å². The largest absolute Gasteiger partial charge is 0.452 e. The Morgan fingerprint density at radius 3 is 2.31 bits per heavy atom. The van der Waals surface area contributed by atoms with Gasteiger partial charge in [-0.1, -0.05) is 30.3 Å².